The topological polar surface area (TPSA) is 59.0 Å². The van der Waals surface area contributed by atoms with Crippen molar-refractivity contribution in [2.45, 2.75) is 32.9 Å². The van der Waals surface area contributed by atoms with Crippen LogP contribution >= 0.6 is 0 Å². The number of methoxy groups -OCH3 is 1. The average molecular weight is 233 g/mol. The van der Waals surface area contributed by atoms with Crippen molar-refractivity contribution in [1.29, 1.82) is 0 Å². The number of nitrogens with zero attached hydrogens (tertiary/aromatic N) is 1. The van der Waals surface area contributed by atoms with E-state index in [1.807, 2.05) is 18.7 Å². The first kappa shape index (κ1) is 15.3. The predicted molar refractivity (Wildman–Crippen MR) is 61.2 cm³/mol. The molecule has 96 valence electrons. The summed E-state index contributed by atoms with van der Waals surface area (Å²) in [6.07, 6.45) is -0.582. The third-order valence-corrected chi connectivity index (χ3v) is 2.17. The number of hydrogen-bond acceptors (Lipinski definition) is 5. The van der Waals surface area contributed by atoms with Gasteiger partial charge in [0, 0.05) is 19.7 Å². The second-order valence-electron chi connectivity index (χ2n) is 3.94. The molecule has 1 atom stereocenters. The van der Waals surface area contributed by atoms with Gasteiger partial charge in [-0.15, -0.1) is 0 Å². The summed E-state index contributed by atoms with van der Waals surface area (Å²) < 4.78 is 9.71. The molecule has 5 nitrogen and oxygen atoms in total. The molecule has 1 unspecified atom stereocenters. The second-order valence-corrected chi connectivity index (χ2v) is 3.94. The van der Waals surface area contributed by atoms with Crippen LogP contribution in [0, 0.1) is 0 Å². The smallest absolute Gasteiger partial charge is 0.320 e. The Morgan fingerprint density at radius 3 is 2.50 bits per heavy atom. The molecule has 0 spiro atoms. The Labute approximate surface area is 97.3 Å². The van der Waals surface area contributed by atoms with Gasteiger partial charge in [0.25, 0.3) is 0 Å². The summed E-state index contributed by atoms with van der Waals surface area (Å²) in [4.78, 5) is 13.2. The lowest BCUT2D eigenvalue weighted by Gasteiger charge is -2.27. The van der Waals surface area contributed by atoms with E-state index < -0.39 is 6.10 Å². The Morgan fingerprint density at radius 2 is 2.06 bits per heavy atom. The minimum atomic E-state index is -0.582. The van der Waals surface area contributed by atoms with Crippen molar-refractivity contribution in [3.8, 4) is 0 Å². The zero-order chi connectivity index (χ0) is 12.6. The molecule has 0 saturated carbocycles. The first-order chi connectivity index (χ1) is 7.51. The molecule has 0 heterocycles. The molecule has 0 bridgehead atoms. The molecule has 0 aliphatic rings. The number of esters is 1. The SMILES string of the molecule is CCOC(=O)CN(CC(O)COC)C(C)C. The maximum atomic E-state index is 11.3. The van der Waals surface area contributed by atoms with Crippen molar-refractivity contribution in [2.75, 3.05) is 33.4 Å². The number of hydrogen-bond donors (Lipinski definition) is 1. The molecule has 0 fully saturated rings. The monoisotopic (exact) mass is 233 g/mol. The lowest BCUT2D eigenvalue weighted by molar-refractivity contribution is -0.145. The fraction of sp³-hybridized carbons (Fsp3) is 0.909. The molecule has 0 aromatic rings. The average Bonchev–Trinajstić information content (AvgIpc) is 2.17. The molecule has 16 heavy (non-hydrogen) atoms. The van der Waals surface area contributed by atoms with Crippen LogP contribution in [0.3, 0.4) is 0 Å². The summed E-state index contributed by atoms with van der Waals surface area (Å²) in [5, 5.41) is 9.59. The number of carbonyl (C=O) groups excluding carboxylic acids is 1. The van der Waals surface area contributed by atoms with Crippen molar-refractivity contribution in [3.63, 3.8) is 0 Å². The van der Waals surface area contributed by atoms with E-state index in [1.165, 1.54) is 7.11 Å². The Morgan fingerprint density at radius 1 is 1.44 bits per heavy atom. The molecule has 0 rings (SSSR count). The van der Waals surface area contributed by atoms with Gasteiger partial charge in [-0.2, -0.15) is 0 Å². The number of aliphatic hydroxyl groups is 1. The van der Waals surface area contributed by atoms with Gasteiger partial charge in [0.1, 0.15) is 0 Å². The van der Waals surface area contributed by atoms with Gasteiger partial charge in [0.15, 0.2) is 0 Å². The van der Waals surface area contributed by atoms with Crippen LogP contribution in [0.2, 0.25) is 0 Å². The zero-order valence-corrected chi connectivity index (χ0v) is 10.6. The van der Waals surface area contributed by atoms with Crippen LogP contribution in [0.25, 0.3) is 0 Å². The van der Waals surface area contributed by atoms with E-state index in [9.17, 15) is 9.90 Å². The van der Waals surface area contributed by atoms with Crippen LogP contribution in [0.4, 0.5) is 0 Å². The standard InChI is InChI=1S/C11H23NO4/c1-5-16-11(14)7-12(9(2)3)6-10(13)8-15-4/h9-10,13H,5-8H2,1-4H3. The van der Waals surface area contributed by atoms with E-state index in [2.05, 4.69) is 0 Å². The maximum absolute atomic E-state index is 11.3. The Bertz CT molecular complexity index is 196. The first-order valence-electron chi connectivity index (χ1n) is 5.57. The van der Waals surface area contributed by atoms with Crippen LogP contribution in [-0.2, 0) is 14.3 Å². The number of rotatable bonds is 8. The summed E-state index contributed by atoms with van der Waals surface area (Å²) in [6.45, 7) is 6.98. The normalized spacial score (nSPS) is 13.2. The molecular weight excluding hydrogens is 210 g/mol. The van der Waals surface area contributed by atoms with Crippen LogP contribution in [-0.4, -0.2) is 61.5 Å². The van der Waals surface area contributed by atoms with Crippen molar-refractivity contribution >= 4 is 5.97 Å². The fourth-order valence-corrected chi connectivity index (χ4v) is 1.35. The van der Waals surface area contributed by atoms with E-state index in [0.29, 0.717) is 13.2 Å². The van der Waals surface area contributed by atoms with Gasteiger partial charge in [0.2, 0.25) is 0 Å². The highest BCUT2D eigenvalue weighted by molar-refractivity contribution is 5.71. The van der Waals surface area contributed by atoms with Gasteiger partial charge in [-0.3, -0.25) is 9.69 Å². The first-order valence-corrected chi connectivity index (χ1v) is 5.57. The zero-order valence-electron chi connectivity index (χ0n) is 10.6. The second kappa shape index (κ2) is 8.50. The highest BCUT2D eigenvalue weighted by atomic mass is 16.5. The molecule has 1 N–H and O–H groups in total. The Kier molecular flexibility index (Phi) is 8.15. The summed E-state index contributed by atoms with van der Waals surface area (Å²) in [5.74, 6) is -0.263. The molecule has 0 radical (unpaired) electrons. The van der Waals surface area contributed by atoms with Gasteiger partial charge in [-0.1, -0.05) is 0 Å². The third kappa shape index (κ3) is 6.76. The molecule has 0 aliphatic carbocycles. The van der Waals surface area contributed by atoms with Crippen molar-refractivity contribution in [1.82, 2.24) is 4.90 Å². The van der Waals surface area contributed by atoms with E-state index in [0.717, 1.165) is 0 Å². The highest BCUT2D eigenvalue weighted by Gasteiger charge is 2.18. The number of ether oxygens (including phenoxy) is 2. The van der Waals surface area contributed by atoms with Gasteiger partial charge in [0.05, 0.1) is 25.9 Å². The highest BCUT2D eigenvalue weighted by Crippen LogP contribution is 2.01. The largest absolute Gasteiger partial charge is 0.465 e. The third-order valence-electron chi connectivity index (χ3n) is 2.17. The van der Waals surface area contributed by atoms with Gasteiger partial charge in [-0.25, -0.2) is 0 Å². The van der Waals surface area contributed by atoms with Gasteiger partial charge in [-0.05, 0) is 20.8 Å². The maximum Gasteiger partial charge on any atom is 0.320 e. The molecule has 5 heteroatoms. The summed E-state index contributed by atoms with van der Waals surface area (Å²) in [6, 6.07) is 0.177. The van der Waals surface area contributed by atoms with Gasteiger partial charge < -0.3 is 14.6 Å². The lowest BCUT2D eigenvalue weighted by atomic mass is 10.2. The molecule has 0 saturated heterocycles. The molecule has 0 amide bonds. The molecule has 0 aromatic carbocycles. The van der Waals surface area contributed by atoms with E-state index in [4.69, 9.17) is 9.47 Å². The predicted octanol–water partition coefficient (Wildman–Crippen LogP) is 0.267. The minimum absolute atomic E-state index is 0.177. The van der Waals surface area contributed by atoms with Crippen molar-refractivity contribution in [3.05, 3.63) is 0 Å². The lowest BCUT2D eigenvalue weighted by Crippen LogP contribution is -2.42. The van der Waals surface area contributed by atoms with Crippen molar-refractivity contribution < 1.29 is 19.4 Å². The van der Waals surface area contributed by atoms with Crippen LogP contribution < -0.4 is 0 Å². The summed E-state index contributed by atoms with van der Waals surface area (Å²) >= 11 is 0. The summed E-state index contributed by atoms with van der Waals surface area (Å²) in [7, 11) is 1.54. The van der Waals surface area contributed by atoms with Gasteiger partial charge >= 0.3 is 5.97 Å². The Hall–Kier alpha value is -0.650. The van der Waals surface area contributed by atoms with Crippen LogP contribution in [0.15, 0.2) is 0 Å². The molecule has 0 aromatic heterocycles. The fourth-order valence-electron chi connectivity index (χ4n) is 1.35. The van der Waals surface area contributed by atoms with Crippen molar-refractivity contribution in [2.24, 2.45) is 0 Å². The van der Waals surface area contributed by atoms with E-state index >= 15 is 0 Å². The van der Waals surface area contributed by atoms with E-state index in [1.54, 1.807) is 6.92 Å². The molecular formula is C11H23NO4. The number of carbonyl (C=O) groups is 1. The van der Waals surface area contributed by atoms with Crippen LogP contribution in [0.5, 0.6) is 0 Å². The van der Waals surface area contributed by atoms with E-state index in [-0.39, 0.29) is 25.2 Å². The quantitative estimate of drug-likeness (QED) is 0.610. The summed E-state index contributed by atoms with van der Waals surface area (Å²) in [5.41, 5.74) is 0. The number of aliphatic hydroxyl groups excluding tert-OH is 1. The Balaban J connectivity index is 4.11. The van der Waals surface area contributed by atoms with Crippen LogP contribution in [0.1, 0.15) is 20.8 Å². The minimum Gasteiger partial charge on any atom is -0.465 e. The molecule has 0 aliphatic heterocycles.